The fourth-order valence-electron chi connectivity index (χ4n) is 5.88. The molecule has 37 heavy (non-hydrogen) atoms. The summed E-state index contributed by atoms with van der Waals surface area (Å²) in [7, 11) is 0. The first kappa shape index (κ1) is 21.3. The standard InChI is InChI=1S/C30H18BF2IN2O/c32-34(33,35-19-10-2-1-3-11-19)24-18-21-20-12-4-7-15-25(20)36-26-16-8-5-13-22(26)31-23-14-6-9-17-27(23)37-30(24)28(31)29(21)36/h1-18H. The van der Waals surface area contributed by atoms with Crippen LogP contribution >= 0.6 is 19.4 Å². The third kappa shape index (κ3) is 2.91. The van der Waals surface area contributed by atoms with E-state index >= 15 is 5.72 Å². The van der Waals surface area contributed by atoms with Gasteiger partial charge in [-0.15, -0.1) is 0 Å². The van der Waals surface area contributed by atoms with Crippen LogP contribution in [0, 0.1) is 3.57 Å². The average molecular weight is 598 g/mol. The molecule has 0 spiro atoms. The monoisotopic (exact) mass is 598 g/mol. The molecule has 0 fully saturated rings. The van der Waals surface area contributed by atoms with Crippen LogP contribution in [0.3, 0.4) is 0 Å². The minimum atomic E-state index is -5.86. The number of fused-ring (bicyclic) bond motifs is 8. The van der Waals surface area contributed by atoms with Gasteiger partial charge in [0.05, 0.1) is 0 Å². The summed E-state index contributed by atoms with van der Waals surface area (Å²) in [4.78, 5) is 0. The maximum absolute atomic E-state index is 16.3. The predicted molar refractivity (Wildman–Crippen MR) is 155 cm³/mol. The Morgan fingerprint density at radius 3 is 2.30 bits per heavy atom. The molecular formula is C30H18BF2IN2O. The van der Waals surface area contributed by atoms with E-state index in [1.165, 1.54) is 0 Å². The van der Waals surface area contributed by atoms with Gasteiger partial charge in [-0.05, 0) is 0 Å². The molecule has 0 atom stereocenters. The summed E-state index contributed by atoms with van der Waals surface area (Å²) in [5.41, 5.74) is 6.20. The van der Waals surface area contributed by atoms with E-state index in [4.69, 9.17) is 4.74 Å². The van der Waals surface area contributed by atoms with Crippen molar-refractivity contribution in [3.05, 3.63) is 113 Å². The summed E-state index contributed by atoms with van der Waals surface area (Å²) in [5, 5.41) is 1.77. The molecular weight excluding hydrogens is 580 g/mol. The van der Waals surface area contributed by atoms with Crippen molar-refractivity contribution in [1.29, 1.82) is 0 Å². The van der Waals surface area contributed by atoms with Crippen LogP contribution in [0.5, 0.6) is 11.5 Å². The van der Waals surface area contributed by atoms with Crippen LogP contribution in [0.2, 0.25) is 0 Å². The predicted octanol–water partition coefficient (Wildman–Crippen LogP) is 7.22. The van der Waals surface area contributed by atoms with Crippen LogP contribution in [0.15, 0.2) is 112 Å². The number of nitrogens with zero attached hydrogens (tertiary/aromatic N) is 2. The molecule has 5 aromatic carbocycles. The molecule has 2 aliphatic rings. The maximum atomic E-state index is 16.3. The number of ether oxygens (including phenoxy) is 1. The van der Waals surface area contributed by atoms with E-state index in [-0.39, 0.29) is 16.0 Å². The van der Waals surface area contributed by atoms with E-state index in [0.29, 0.717) is 11.4 Å². The van der Waals surface area contributed by atoms with Crippen LogP contribution < -0.4 is 21.1 Å². The van der Waals surface area contributed by atoms with Crippen molar-refractivity contribution < 1.29 is 10.5 Å². The van der Waals surface area contributed by atoms with Gasteiger partial charge in [-0.2, -0.15) is 0 Å². The summed E-state index contributed by atoms with van der Waals surface area (Å²) in [6, 6.07) is 34.3. The molecule has 0 saturated heterocycles. The first-order chi connectivity index (χ1) is 18.1. The van der Waals surface area contributed by atoms with Crippen molar-refractivity contribution in [2.24, 2.45) is 3.15 Å². The van der Waals surface area contributed by atoms with Crippen LogP contribution in [-0.2, 0) is 0 Å². The van der Waals surface area contributed by atoms with Crippen LogP contribution in [0.25, 0.3) is 27.5 Å². The number of hydrogen-bond donors (Lipinski definition) is 0. The van der Waals surface area contributed by atoms with Crippen molar-refractivity contribution in [3.8, 4) is 17.2 Å². The fourth-order valence-corrected chi connectivity index (χ4v) is 8.84. The SMILES string of the molecule is FI(F)(=Nc1ccccc1)c1cc2c3ccccc3n3c2c2c1Oc1ccccc1B2c1ccccc1-3. The van der Waals surface area contributed by atoms with Crippen molar-refractivity contribution in [2.45, 2.75) is 0 Å². The zero-order valence-electron chi connectivity index (χ0n) is 19.4. The van der Waals surface area contributed by atoms with Gasteiger partial charge < -0.3 is 0 Å². The number of rotatable bonds is 2. The number of para-hydroxylation sites is 3. The van der Waals surface area contributed by atoms with Gasteiger partial charge in [0.15, 0.2) is 0 Å². The molecule has 8 rings (SSSR count). The molecule has 6 aromatic rings. The molecule has 0 bridgehead atoms. The van der Waals surface area contributed by atoms with Crippen LogP contribution in [0.1, 0.15) is 0 Å². The molecule has 7 heteroatoms. The van der Waals surface area contributed by atoms with Crippen LogP contribution in [0.4, 0.5) is 11.4 Å². The second-order valence-corrected chi connectivity index (χ2v) is 13.3. The Balaban J connectivity index is 1.58. The minimum absolute atomic E-state index is 0.0416. The van der Waals surface area contributed by atoms with Crippen molar-refractivity contribution in [3.63, 3.8) is 0 Å². The molecule has 0 N–H and O–H groups in total. The van der Waals surface area contributed by atoms with Gasteiger partial charge in [0.25, 0.3) is 0 Å². The average Bonchev–Trinajstić information content (AvgIpc) is 3.27. The Kier molecular flexibility index (Phi) is 4.36. The van der Waals surface area contributed by atoms with E-state index in [0.717, 1.165) is 43.9 Å². The Morgan fingerprint density at radius 1 is 0.730 bits per heavy atom. The van der Waals surface area contributed by atoms with Gasteiger partial charge in [0.1, 0.15) is 0 Å². The van der Waals surface area contributed by atoms with Gasteiger partial charge in [-0.3, -0.25) is 0 Å². The van der Waals surface area contributed by atoms with Gasteiger partial charge in [-0.25, -0.2) is 0 Å². The normalized spacial score (nSPS) is 13.7. The Hall–Kier alpha value is -3.85. The van der Waals surface area contributed by atoms with E-state index in [9.17, 15) is 0 Å². The number of aromatic nitrogens is 1. The van der Waals surface area contributed by atoms with E-state index in [2.05, 4.69) is 25.9 Å². The molecule has 3 nitrogen and oxygen atoms in total. The fraction of sp³-hybridized carbons (Fsp3) is 0. The number of halogens is 3. The zero-order chi connectivity index (χ0) is 24.7. The van der Waals surface area contributed by atoms with Crippen molar-refractivity contribution in [2.75, 3.05) is 0 Å². The molecule has 178 valence electrons. The molecule has 0 saturated carbocycles. The summed E-state index contributed by atoms with van der Waals surface area (Å²) in [6.45, 7) is -0.205. The van der Waals surface area contributed by atoms with Gasteiger partial charge in [0.2, 0.25) is 0 Å². The summed E-state index contributed by atoms with van der Waals surface area (Å²) in [5.74, 6) is 0.896. The first-order valence-electron chi connectivity index (χ1n) is 12.0. The van der Waals surface area contributed by atoms with E-state index < -0.39 is 19.4 Å². The van der Waals surface area contributed by atoms with E-state index in [1.54, 1.807) is 36.4 Å². The molecule has 2 aliphatic heterocycles. The topological polar surface area (TPSA) is 26.5 Å². The summed E-state index contributed by atoms with van der Waals surface area (Å²) < 4.78 is 45.3. The molecule has 3 heterocycles. The second-order valence-electron chi connectivity index (χ2n) is 9.31. The summed E-state index contributed by atoms with van der Waals surface area (Å²) in [6.07, 6.45) is 0. The Labute approximate surface area is 217 Å². The summed E-state index contributed by atoms with van der Waals surface area (Å²) >= 11 is -5.86. The van der Waals surface area contributed by atoms with Gasteiger partial charge in [-0.1, -0.05) is 0 Å². The third-order valence-corrected chi connectivity index (χ3v) is 10.7. The molecule has 0 aliphatic carbocycles. The zero-order valence-corrected chi connectivity index (χ0v) is 21.6. The second kappa shape index (κ2) is 7.58. The molecule has 1 aromatic heterocycles. The van der Waals surface area contributed by atoms with Gasteiger partial charge in [0, 0.05) is 0 Å². The third-order valence-electron chi connectivity index (χ3n) is 7.33. The first-order valence-corrected chi connectivity index (χ1v) is 15.7. The molecule has 0 unspecified atom stereocenters. The molecule has 0 amide bonds. The quantitative estimate of drug-likeness (QED) is 0.153. The van der Waals surface area contributed by atoms with E-state index in [1.807, 2.05) is 54.6 Å². The molecule has 0 radical (unpaired) electrons. The Bertz CT molecular complexity index is 1960. The van der Waals surface area contributed by atoms with Crippen molar-refractivity contribution >= 4 is 70.0 Å². The Morgan fingerprint density at radius 2 is 1.43 bits per heavy atom. The number of hydrogen-bond acceptors (Lipinski definition) is 2. The van der Waals surface area contributed by atoms with Crippen molar-refractivity contribution in [1.82, 2.24) is 4.57 Å². The number of benzene rings is 5. The van der Waals surface area contributed by atoms with Crippen LogP contribution in [-0.4, -0.2) is 11.3 Å². The van der Waals surface area contributed by atoms with Gasteiger partial charge >= 0.3 is 218 Å².